The average Bonchev–Trinajstić information content (AvgIpc) is 3.13. The van der Waals surface area contributed by atoms with E-state index in [4.69, 9.17) is 4.42 Å². The molecule has 2 atom stereocenters. The van der Waals surface area contributed by atoms with Gasteiger partial charge in [-0.25, -0.2) is 4.79 Å². The lowest BCUT2D eigenvalue weighted by atomic mass is 10.2. The maximum atomic E-state index is 11.8. The van der Waals surface area contributed by atoms with E-state index < -0.39 is 0 Å². The molecular formula is C17H23N3O2. The molecule has 1 aliphatic heterocycles. The number of fused-ring (bicyclic) bond motifs is 1. The van der Waals surface area contributed by atoms with Crippen molar-refractivity contribution >= 4 is 17.0 Å². The van der Waals surface area contributed by atoms with Crippen molar-refractivity contribution in [2.75, 3.05) is 19.6 Å². The lowest BCUT2D eigenvalue weighted by Crippen LogP contribution is -2.41. The van der Waals surface area contributed by atoms with Gasteiger partial charge < -0.3 is 20.0 Å². The van der Waals surface area contributed by atoms with E-state index in [-0.39, 0.29) is 12.1 Å². The minimum atomic E-state index is 0.0307. The predicted molar refractivity (Wildman–Crippen MR) is 86.8 cm³/mol. The zero-order chi connectivity index (χ0) is 15.5. The van der Waals surface area contributed by atoms with Crippen molar-refractivity contribution in [1.29, 1.82) is 0 Å². The van der Waals surface area contributed by atoms with E-state index in [2.05, 4.69) is 29.7 Å². The third-order valence-electron chi connectivity index (χ3n) is 4.16. The Morgan fingerprint density at radius 1 is 1.45 bits per heavy atom. The summed E-state index contributed by atoms with van der Waals surface area (Å²) < 4.78 is 5.90. The maximum absolute atomic E-state index is 11.8. The van der Waals surface area contributed by atoms with Gasteiger partial charge in [-0.3, -0.25) is 0 Å². The van der Waals surface area contributed by atoms with Crippen LogP contribution in [0, 0.1) is 0 Å². The smallest absolute Gasteiger partial charge is 0.317 e. The van der Waals surface area contributed by atoms with Gasteiger partial charge in [-0.2, -0.15) is 0 Å². The van der Waals surface area contributed by atoms with Crippen LogP contribution in [0.5, 0.6) is 0 Å². The fourth-order valence-corrected chi connectivity index (χ4v) is 3.00. The number of hydrogen-bond donors (Lipinski definition) is 2. The van der Waals surface area contributed by atoms with Gasteiger partial charge in [0.2, 0.25) is 0 Å². The van der Waals surface area contributed by atoms with Crippen molar-refractivity contribution in [3.63, 3.8) is 0 Å². The number of likely N-dealkylation sites (tertiary alicyclic amines) is 1. The molecule has 0 spiro atoms. The Labute approximate surface area is 130 Å². The van der Waals surface area contributed by atoms with E-state index in [9.17, 15) is 4.79 Å². The summed E-state index contributed by atoms with van der Waals surface area (Å²) >= 11 is 0. The lowest BCUT2D eigenvalue weighted by Gasteiger charge is -2.19. The second kappa shape index (κ2) is 6.40. The Morgan fingerprint density at radius 2 is 2.27 bits per heavy atom. The summed E-state index contributed by atoms with van der Waals surface area (Å²) in [6, 6.07) is 10.6. The van der Waals surface area contributed by atoms with Crippen molar-refractivity contribution in [3.8, 4) is 0 Å². The van der Waals surface area contributed by atoms with Crippen molar-refractivity contribution in [2.45, 2.75) is 32.4 Å². The van der Waals surface area contributed by atoms with E-state index in [0.29, 0.717) is 12.6 Å². The molecule has 1 aliphatic rings. The minimum absolute atomic E-state index is 0.0307. The topological polar surface area (TPSA) is 57.5 Å². The number of nitrogens with zero attached hydrogens (tertiary/aromatic N) is 1. The van der Waals surface area contributed by atoms with E-state index >= 15 is 0 Å². The normalized spacial score (nSPS) is 19.5. The molecule has 1 aromatic heterocycles. The predicted octanol–water partition coefficient (Wildman–Crippen LogP) is 2.89. The highest BCUT2D eigenvalue weighted by molar-refractivity contribution is 5.77. The van der Waals surface area contributed by atoms with Crippen molar-refractivity contribution in [3.05, 3.63) is 36.1 Å². The van der Waals surface area contributed by atoms with E-state index in [1.54, 1.807) is 0 Å². The van der Waals surface area contributed by atoms with Crippen molar-refractivity contribution in [2.24, 2.45) is 0 Å². The van der Waals surface area contributed by atoms with E-state index in [1.165, 1.54) is 0 Å². The first-order valence-electron chi connectivity index (χ1n) is 7.94. The number of benzene rings is 1. The van der Waals surface area contributed by atoms with Crippen molar-refractivity contribution < 1.29 is 9.21 Å². The maximum Gasteiger partial charge on any atom is 0.317 e. The number of nitrogens with one attached hydrogen (secondary N) is 2. The monoisotopic (exact) mass is 301 g/mol. The Kier molecular flexibility index (Phi) is 4.34. The SMILES string of the molecule is CCNC(=O)N1CCC(NC(C)c2cc3ccccc3o2)C1. The van der Waals surface area contributed by atoms with Gasteiger partial charge in [0.15, 0.2) is 0 Å². The van der Waals surface area contributed by atoms with Crippen LogP contribution < -0.4 is 10.6 Å². The van der Waals surface area contributed by atoms with Crippen LogP contribution in [-0.4, -0.2) is 36.6 Å². The minimum Gasteiger partial charge on any atom is -0.459 e. The number of carbonyl (C=O) groups excluding carboxylic acids is 1. The lowest BCUT2D eigenvalue weighted by molar-refractivity contribution is 0.208. The molecule has 2 aromatic rings. The molecule has 0 aliphatic carbocycles. The van der Waals surface area contributed by atoms with Crippen LogP contribution >= 0.6 is 0 Å². The van der Waals surface area contributed by atoms with Crippen LogP contribution in [0.15, 0.2) is 34.7 Å². The van der Waals surface area contributed by atoms with Gasteiger partial charge in [0.05, 0.1) is 6.04 Å². The molecule has 0 saturated carbocycles. The third-order valence-corrected chi connectivity index (χ3v) is 4.16. The fraction of sp³-hybridized carbons (Fsp3) is 0.471. The van der Waals surface area contributed by atoms with Crippen LogP contribution in [0.25, 0.3) is 11.0 Å². The second-order valence-corrected chi connectivity index (χ2v) is 5.84. The van der Waals surface area contributed by atoms with Gasteiger partial charge in [0.25, 0.3) is 0 Å². The van der Waals surface area contributed by atoms with Gasteiger partial charge in [-0.15, -0.1) is 0 Å². The van der Waals surface area contributed by atoms with Gasteiger partial charge in [-0.05, 0) is 32.4 Å². The molecule has 22 heavy (non-hydrogen) atoms. The molecule has 3 rings (SSSR count). The molecule has 2 heterocycles. The zero-order valence-corrected chi connectivity index (χ0v) is 13.1. The van der Waals surface area contributed by atoms with Gasteiger partial charge >= 0.3 is 6.03 Å². The first kappa shape index (κ1) is 14.9. The summed E-state index contributed by atoms with van der Waals surface area (Å²) in [7, 11) is 0. The highest BCUT2D eigenvalue weighted by Crippen LogP contribution is 2.24. The van der Waals surface area contributed by atoms with Crippen LogP contribution in [0.2, 0.25) is 0 Å². The molecule has 1 aromatic carbocycles. The van der Waals surface area contributed by atoms with E-state index in [0.717, 1.165) is 36.2 Å². The number of hydrogen-bond acceptors (Lipinski definition) is 3. The highest BCUT2D eigenvalue weighted by atomic mass is 16.3. The van der Waals surface area contributed by atoms with Gasteiger partial charge in [0.1, 0.15) is 11.3 Å². The molecule has 1 fully saturated rings. The van der Waals surface area contributed by atoms with Gasteiger partial charge in [0, 0.05) is 31.1 Å². The van der Waals surface area contributed by atoms with Crippen LogP contribution in [-0.2, 0) is 0 Å². The van der Waals surface area contributed by atoms with Gasteiger partial charge in [-0.1, -0.05) is 18.2 Å². The fourth-order valence-electron chi connectivity index (χ4n) is 3.00. The van der Waals surface area contributed by atoms with Crippen LogP contribution in [0.1, 0.15) is 32.1 Å². The molecule has 5 heteroatoms. The molecular weight excluding hydrogens is 278 g/mol. The molecule has 2 amide bonds. The summed E-state index contributed by atoms with van der Waals surface area (Å²) in [4.78, 5) is 13.7. The Balaban J connectivity index is 1.60. The first-order valence-corrected chi connectivity index (χ1v) is 7.94. The second-order valence-electron chi connectivity index (χ2n) is 5.84. The Morgan fingerprint density at radius 3 is 3.05 bits per heavy atom. The number of carbonyl (C=O) groups is 1. The summed E-state index contributed by atoms with van der Waals surface area (Å²) in [6.07, 6.45) is 0.974. The summed E-state index contributed by atoms with van der Waals surface area (Å²) in [6.45, 7) is 6.26. The quantitative estimate of drug-likeness (QED) is 0.913. The standard InChI is InChI=1S/C17H23N3O2/c1-3-18-17(21)20-9-8-14(11-20)19-12(2)16-10-13-6-4-5-7-15(13)22-16/h4-7,10,12,14,19H,3,8-9,11H2,1-2H3,(H,18,21). The number of amides is 2. The van der Waals surface area contributed by atoms with E-state index in [1.807, 2.05) is 30.0 Å². The number of urea groups is 1. The molecule has 5 nitrogen and oxygen atoms in total. The number of rotatable bonds is 4. The zero-order valence-electron chi connectivity index (χ0n) is 13.1. The first-order chi connectivity index (χ1) is 10.7. The molecule has 2 unspecified atom stereocenters. The van der Waals surface area contributed by atoms with Crippen molar-refractivity contribution in [1.82, 2.24) is 15.5 Å². The molecule has 0 bridgehead atoms. The molecule has 0 radical (unpaired) electrons. The summed E-state index contributed by atoms with van der Waals surface area (Å²) in [5.74, 6) is 0.942. The summed E-state index contributed by atoms with van der Waals surface area (Å²) in [5.41, 5.74) is 0.918. The third kappa shape index (κ3) is 3.09. The molecule has 118 valence electrons. The molecule has 1 saturated heterocycles. The Hall–Kier alpha value is -2.01. The highest BCUT2D eigenvalue weighted by Gasteiger charge is 2.27. The number of furan rings is 1. The molecule has 2 N–H and O–H groups in total. The Bertz CT molecular complexity index is 619. The van der Waals surface area contributed by atoms with Crippen LogP contribution in [0.3, 0.4) is 0 Å². The number of para-hydroxylation sites is 1. The van der Waals surface area contributed by atoms with Crippen LogP contribution in [0.4, 0.5) is 4.79 Å². The summed E-state index contributed by atoms with van der Waals surface area (Å²) in [5, 5.41) is 7.55. The average molecular weight is 301 g/mol. The largest absolute Gasteiger partial charge is 0.459 e.